The molecule has 0 fully saturated rings. The van der Waals surface area contributed by atoms with Crippen LogP contribution in [0.15, 0.2) is 22.7 Å². The minimum atomic E-state index is -1.09. The molecule has 1 aliphatic rings. The minimum Gasteiger partial charge on any atom is -0.481 e. The molecule has 0 radical (unpaired) electrons. The summed E-state index contributed by atoms with van der Waals surface area (Å²) >= 11 is 3.27. The summed E-state index contributed by atoms with van der Waals surface area (Å²) in [5, 5.41) is 9.46. The Morgan fingerprint density at radius 3 is 2.29 bits per heavy atom. The number of halogens is 1. The van der Waals surface area contributed by atoms with Gasteiger partial charge in [0.2, 0.25) is 0 Å². The standard InChI is InChI=1S/C15H16BrNO4/c1-3-15(4-2,14(20)21)8-17-12(18)10-6-5-9(16)7-11(10)13(17)19/h5-7H,3-4,8H2,1-2H3,(H,20,21). The van der Waals surface area contributed by atoms with Crippen molar-refractivity contribution in [1.29, 1.82) is 0 Å². The number of amides is 2. The van der Waals surface area contributed by atoms with Gasteiger partial charge in [0.15, 0.2) is 0 Å². The average molecular weight is 354 g/mol. The summed E-state index contributed by atoms with van der Waals surface area (Å²) in [4.78, 5) is 37.3. The Hall–Kier alpha value is -1.69. The molecule has 0 spiro atoms. The Kier molecular flexibility index (Phi) is 4.18. The zero-order chi connectivity index (χ0) is 15.8. The van der Waals surface area contributed by atoms with Crippen molar-refractivity contribution in [2.24, 2.45) is 5.41 Å². The van der Waals surface area contributed by atoms with E-state index >= 15 is 0 Å². The second kappa shape index (κ2) is 5.60. The molecule has 0 unspecified atom stereocenters. The number of hydrogen-bond acceptors (Lipinski definition) is 3. The topological polar surface area (TPSA) is 74.7 Å². The normalized spacial score (nSPS) is 14.5. The summed E-state index contributed by atoms with van der Waals surface area (Å²) in [6.45, 7) is 3.41. The van der Waals surface area contributed by atoms with Crippen LogP contribution in [0.5, 0.6) is 0 Å². The lowest BCUT2D eigenvalue weighted by molar-refractivity contribution is -0.149. The molecule has 6 heteroatoms. The van der Waals surface area contributed by atoms with Crippen LogP contribution in [0.1, 0.15) is 47.4 Å². The summed E-state index contributed by atoms with van der Waals surface area (Å²) in [5.74, 6) is -1.83. The number of imide groups is 1. The fourth-order valence-electron chi connectivity index (χ4n) is 2.55. The van der Waals surface area contributed by atoms with Gasteiger partial charge in [-0.25, -0.2) is 0 Å². The number of aliphatic carboxylic acids is 1. The quantitative estimate of drug-likeness (QED) is 0.825. The molecule has 0 aromatic heterocycles. The number of rotatable bonds is 5. The van der Waals surface area contributed by atoms with Crippen LogP contribution in [0, 0.1) is 5.41 Å². The molecule has 1 aromatic rings. The van der Waals surface area contributed by atoms with E-state index in [-0.39, 0.29) is 6.54 Å². The van der Waals surface area contributed by atoms with Crippen molar-refractivity contribution in [2.45, 2.75) is 26.7 Å². The first-order chi connectivity index (χ1) is 9.86. The average Bonchev–Trinajstić information content (AvgIpc) is 2.68. The molecule has 0 bridgehead atoms. The highest BCUT2D eigenvalue weighted by molar-refractivity contribution is 9.10. The van der Waals surface area contributed by atoms with Crippen molar-refractivity contribution in [3.05, 3.63) is 33.8 Å². The number of fused-ring (bicyclic) bond motifs is 1. The molecule has 1 aliphatic heterocycles. The molecular formula is C15H16BrNO4. The van der Waals surface area contributed by atoms with Crippen molar-refractivity contribution in [3.8, 4) is 0 Å². The van der Waals surface area contributed by atoms with Gasteiger partial charge in [-0.15, -0.1) is 0 Å². The van der Waals surface area contributed by atoms with E-state index in [0.717, 1.165) is 4.90 Å². The van der Waals surface area contributed by atoms with Gasteiger partial charge in [0.05, 0.1) is 16.5 Å². The lowest BCUT2D eigenvalue weighted by Gasteiger charge is -2.30. The smallest absolute Gasteiger partial charge is 0.311 e. The predicted octanol–water partition coefficient (Wildman–Crippen LogP) is 2.94. The summed E-state index contributed by atoms with van der Waals surface area (Å²) in [6.07, 6.45) is 0.714. The van der Waals surface area contributed by atoms with E-state index in [1.807, 2.05) is 0 Å². The maximum Gasteiger partial charge on any atom is 0.311 e. The number of carboxylic acid groups (broad SMARTS) is 1. The summed E-state index contributed by atoms with van der Waals surface area (Å²) in [6, 6.07) is 4.87. The van der Waals surface area contributed by atoms with Crippen molar-refractivity contribution in [2.75, 3.05) is 6.54 Å². The van der Waals surface area contributed by atoms with Crippen LogP contribution in [-0.4, -0.2) is 34.3 Å². The molecule has 0 saturated heterocycles. The van der Waals surface area contributed by atoms with Crippen LogP contribution in [-0.2, 0) is 4.79 Å². The number of benzene rings is 1. The Bertz CT molecular complexity index is 622. The van der Waals surface area contributed by atoms with E-state index < -0.39 is 23.2 Å². The molecular weight excluding hydrogens is 338 g/mol. The van der Waals surface area contributed by atoms with E-state index in [4.69, 9.17) is 0 Å². The highest BCUT2D eigenvalue weighted by Crippen LogP contribution is 2.33. The van der Waals surface area contributed by atoms with Gasteiger partial charge < -0.3 is 5.11 Å². The number of hydrogen-bond donors (Lipinski definition) is 1. The molecule has 0 aliphatic carbocycles. The van der Waals surface area contributed by atoms with Gasteiger partial charge in [-0.2, -0.15) is 0 Å². The van der Waals surface area contributed by atoms with Gasteiger partial charge in [-0.05, 0) is 31.0 Å². The van der Waals surface area contributed by atoms with Gasteiger partial charge in [0.1, 0.15) is 0 Å². The second-order valence-electron chi connectivity index (χ2n) is 5.18. The number of nitrogens with zero attached hydrogens (tertiary/aromatic N) is 1. The molecule has 21 heavy (non-hydrogen) atoms. The summed E-state index contributed by atoms with van der Waals surface area (Å²) < 4.78 is 0.708. The first-order valence-corrected chi connectivity index (χ1v) is 7.54. The first kappa shape index (κ1) is 15.7. The summed E-state index contributed by atoms with van der Waals surface area (Å²) in [7, 11) is 0. The van der Waals surface area contributed by atoms with E-state index in [1.54, 1.807) is 32.0 Å². The second-order valence-corrected chi connectivity index (χ2v) is 6.09. The van der Waals surface area contributed by atoms with E-state index in [1.165, 1.54) is 0 Å². The van der Waals surface area contributed by atoms with Crippen LogP contribution < -0.4 is 0 Å². The minimum absolute atomic E-state index is 0.0979. The Morgan fingerprint density at radius 1 is 1.19 bits per heavy atom. The highest BCUT2D eigenvalue weighted by atomic mass is 79.9. The van der Waals surface area contributed by atoms with E-state index in [9.17, 15) is 19.5 Å². The van der Waals surface area contributed by atoms with Gasteiger partial charge in [0.25, 0.3) is 11.8 Å². The Labute approximate surface area is 131 Å². The molecule has 2 amide bonds. The predicted molar refractivity (Wildman–Crippen MR) is 80.2 cm³/mol. The highest BCUT2D eigenvalue weighted by Gasteiger charge is 2.44. The molecule has 112 valence electrons. The largest absolute Gasteiger partial charge is 0.481 e. The third-order valence-corrected chi connectivity index (χ3v) is 4.69. The van der Waals surface area contributed by atoms with Gasteiger partial charge >= 0.3 is 5.97 Å². The molecule has 1 aromatic carbocycles. The zero-order valence-electron chi connectivity index (χ0n) is 11.9. The lowest BCUT2D eigenvalue weighted by Crippen LogP contribution is -2.45. The zero-order valence-corrected chi connectivity index (χ0v) is 13.4. The van der Waals surface area contributed by atoms with Gasteiger partial charge in [0, 0.05) is 11.0 Å². The number of carbonyl (C=O) groups excluding carboxylic acids is 2. The maximum atomic E-state index is 12.4. The van der Waals surface area contributed by atoms with Gasteiger partial charge in [-0.3, -0.25) is 19.3 Å². The molecule has 0 saturated carbocycles. The lowest BCUT2D eigenvalue weighted by atomic mass is 9.82. The maximum absolute atomic E-state index is 12.4. The van der Waals surface area contributed by atoms with Crippen molar-refractivity contribution < 1.29 is 19.5 Å². The first-order valence-electron chi connectivity index (χ1n) is 6.75. The van der Waals surface area contributed by atoms with Crippen molar-refractivity contribution in [3.63, 3.8) is 0 Å². The van der Waals surface area contributed by atoms with E-state index in [2.05, 4.69) is 15.9 Å². The SMILES string of the molecule is CCC(CC)(CN1C(=O)c2ccc(Br)cc2C1=O)C(=O)O. The molecule has 0 atom stereocenters. The fraction of sp³-hybridized carbons (Fsp3) is 0.400. The molecule has 1 N–H and O–H groups in total. The number of carboxylic acids is 1. The molecule has 5 nitrogen and oxygen atoms in total. The Morgan fingerprint density at radius 2 is 1.76 bits per heavy atom. The van der Waals surface area contributed by atoms with Crippen molar-refractivity contribution in [1.82, 2.24) is 4.90 Å². The van der Waals surface area contributed by atoms with Crippen LogP contribution in [0.25, 0.3) is 0 Å². The van der Waals surface area contributed by atoms with Crippen LogP contribution in [0.4, 0.5) is 0 Å². The van der Waals surface area contributed by atoms with Crippen LogP contribution in [0.3, 0.4) is 0 Å². The van der Waals surface area contributed by atoms with E-state index in [0.29, 0.717) is 28.4 Å². The van der Waals surface area contributed by atoms with Crippen LogP contribution >= 0.6 is 15.9 Å². The Balaban J connectivity index is 2.38. The van der Waals surface area contributed by atoms with Gasteiger partial charge in [-0.1, -0.05) is 29.8 Å². The fourth-order valence-corrected chi connectivity index (χ4v) is 2.91. The van der Waals surface area contributed by atoms with Crippen molar-refractivity contribution >= 4 is 33.7 Å². The molecule has 2 rings (SSSR count). The number of carbonyl (C=O) groups is 3. The third-order valence-electron chi connectivity index (χ3n) is 4.20. The van der Waals surface area contributed by atoms with Crippen LogP contribution in [0.2, 0.25) is 0 Å². The monoisotopic (exact) mass is 353 g/mol. The third kappa shape index (κ3) is 2.48. The molecule has 1 heterocycles. The summed E-state index contributed by atoms with van der Waals surface area (Å²) in [5.41, 5.74) is -0.444.